The second-order valence-electron chi connectivity index (χ2n) is 7.63. The van der Waals surface area contributed by atoms with Gasteiger partial charge in [0.1, 0.15) is 5.78 Å². The van der Waals surface area contributed by atoms with Gasteiger partial charge in [-0.05, 0) is 31.6 Å². The number of carbonyl (C=O) groups excluding carboxylic acids is 1. The van der Waals surface area contributed by atoms with E-state index in [2.05, 4.69) is 37.5 Å². The van der Waals surface area contributed by atoms with E-state index in [-0.39, 0.29) is 5.92 Å². The van der Waals surface area contributed by atoms with Crippen LogP contribution in [0.25, 0.3) is 0 Å². The molecule has 116 valence electrons. The number of nitrogens with zero attached hydrogens (tertiary/aromatic N) is 2. The molecular weight excluding hydrogens is 248 g/mol. The monoisotopic (exact) mass is 280 g/mol. The van der Waals surface area contributed by atoms with Crippen LogP contribution in [-0.2, 0) is 4.79 Å². The number of carbonyl (C=O) groups is 1. The van der Waals surface area contributed by atoms with Crippen LogP contribution in [0.1, 0.15) is 53.4 Å². The summed E-state index contributed by atoms with van der Waals surface area (Å²) < 4.78 is 0. The summed E-state index contributed by atoms with van der Waals surface area (Å²) in [4.78, 5) is 17.2. The Balaban J connectivity index is 1.81. The maximum atomic E-state index is 12.1. The third-order valence-corrected chi connectivity index (χ3v) is 5.40. The number of hydrogen-bond donors (Lipinski definition) is 0. The molecule has 2 unspecified atom stereocenters. The number of hydrogen-bond acceptors (Lipinski definition) is 3. The molecular formula is C17H32N2O. The Morgan fingerprint density at radius 3 is 2.50 bits per heavy atom. The molecule has 2 fully saturated rings. The molecule has 2 atom stereocenters. The maximum Gasteiger partial charge on any atom is 0.137 e. The van der Waals surface area contributed by atoms with Gasteiger partial charge < -0.3 is 4.90 Å². The van der Waals surface area contributed by atoms with Crippen LogP contribution in [0.4, 0.5) is 0 Å². The van der Waals surface area contributed by atoms with E-state index in [1.165, 1.54) is 19.5 Å². The highest BCUT2D eigenvalue weighted by atomic mass is 16.1. The minimum Gasteiger partial charge on any atom is -0.300 e. The van der Waals surface area contributed by atoms with Gasteiger partial charge in [-0.3, -0.25) is 9.69 Å². The first-order chi connectivity index (χ1) is 9.41. The molecule has 0 radical (unpaired) electrons. The molecule has 20 heavy (non-hydrogen) atoms. The Morgan fingerprint density at radius 1 is 1.25 bits per heavy atom. The average molecular weight is 280 g/mol. The summed E-state index contributed by atoms with van der Waals surface area (Å²) in [5.74, 6) is 0.794. The SMILES string of the molecule is CCC(C)N1CCN(CC2CC(C)(C)CCC2=O)CC1. The Bertz CT molecular complexity index is 332. The fraction of sp³-hybridized carbons (Fsp3) is 0.941. The van der Waals surface area contributed by atoms with Gasteiger partial charge in [-0.2, -0.15) is 0 Å². The summed E-state index contributed by atoms with van der Waals surface area (Å²) in [6.07, 6.45) is 4.18. The van der Waals surface area contributed by atoms with Gasteiger partial charge in [-0.25, -0.2) is 0 Å². The van der Waals surface area contributed by atoms with Gasteiger partial charge in [-0.15, -0.1) is 0 Å². The highest BCUT2D eigenvalue weighted by Gasteiger charge is 2.35. The first-order valence-electron chi connectivity index (χ1n) is 8.40. The Morgan fingerprint density at radius 2 is 1.90 bits per heavy atom. The zero-order chi connectivity index (χ0) is 14.8. The van der Waals surface area contributed by atoms with E-state index in [1.807, 2.05) is 0 Å². The van der Waals surface area contributed by atoms with Crippen molar-refractivity contribution < 1.29 is 4.79 Å². The van der Waals surface area contributed by atoms with Crippen LogP contribution in [0.15, 0.2) is 0 Å². The molecule has 0 bridgehead atoms. The summed E-state index contributed by atoms with van der Waals surface area (Å²) in [6, 6.07) is 0.701. The second kappa shape index (κ2) is 6.57. The van der Waals surface area contributed by atoms with Gasteiger partial charge >= 0.3 is 0 Å². The number of piperazine rings is 1. The van der Waals surface area contributed by atoms with E-state index >= 15 is 0 Å². The molecule has 2 rings (SSSR count). The number of ketones is 1. The Hall–Kier alpha value is -0.410. The quantitative estimate of drug-likeness (QED) is 0.791. The first-order valence-corrected chi connectivity index (χ1v) is 8.40. The average Bonchev–Trinajstić information content (AvgIpc) is 2.43. The van der Waals surface area contributed by atoms with E-state index in [0.717, 1.165) is 38.9 Å². The van der Waals surface area contributed by atoms with E-state index in [0.29, 0.717) is 17.2 Å². The van der Waals surface area contributed by atoms with Gasteiger partial charge in [0, 0.05) is 51.1 Å². The molecule has 0 aromatic rings. The molecule has 0 amide bonds. The molecule has 1 heterocycles. The van der Waals surface area contributed by atoms with Gasteiger partial charge in [0.15, 0.2) is 0 Å². The van der Waals surface area contributed by atoms with Crippen molar-refractivity contribution in [2.75, 3.05) is 32.7 Å². The minimum absolute atomic E-state index is 0.286. The van der Waals surface area contributed by atoms with Crippen molar-refractivity contribution >= 4 is 5.78 Å². The predicted octanol–water partition coefficient (Wildman–Crippen LogP) is 2.80. The zero-order valence-electron chi connectivity index (χ0n) is 13.8. The second-order valence-corrected chi connectivity index (χ2v) is 7.63. The van der Waals surface area contributed by atoms with Crippen LogP contribution in [0.3, 0.4) is 0 Å². The van der Waals surface area contributed by atoms with Crippen molar-refractivity contribution in [2.45, 2.75) is 59.4 Å². The first kappa shape index (κ1) is 16.0. The molecule has 2 aliphatic rings. The summed E-state index contributed by atoms with van der Waals surface area (Å²) in [6.45, 7) is 14.8. The molecule has 3 nitrogen and oxygen atoms in total. The minimum atomic E-state index is 0.286. The third-order valence-electron chi connectivity index (χ3n) is 5.40. The molecule has 1 saturated carbocycles. The van der Waals surface area contributed by atoms with Crippen LogP contribution in [0, 0.1) is 11.3 Å². The fourth-order valence-corrected chi connectivity index (χ4v) is 3.67. The van der Waals surface area contributed by atoms with Crippen molar-refractivity contribution in [1.29, 1.82) is 0 Å². The van der Waals surface area contributed by atoms with Crippen molar-refractivity contribution in [3.63, 3.8) is 0 Å². The normalized spacial score (nSPS) is 30.4. The molecule has 1 saturated heterocycles. The highest BCUT2D eigenvalue weighted by molar-refractivity contribution is 5.82. The van der Waals surface area contributed by atoms with E-state index in [9.17, 15) is 4.79 Å². The van der Waals surface area contributed by atoms with Gasteiger partial charge in [0.25, 0.3) is 0 Å². The number of Topliss-reactive ketones (excluding diaryl/α,β-unsaturated/α-hetero) is 1. The predicted molar refractivity (Wildman–Crippen MR) is 83.9 cm³/mol. The molecule has 3 heteroatoms. The number of rotatable bonds is 4. The smallest absolute Gasteiger partial charge is 0.137 e. The summed E-state index contributed by atoms with van der Waals surface area (Å²) in [5, 5.41) is 0. The molecule has 1 aliphatic carbocycles. The fourth-order valence-electron chi connectivity index (χ4n) is 3.67. The lowest BCUT2D eigenvalue weighted by atomic mass is 9.71. The molecule has 0 aromatic carbocycles. The lowest BCUT2D eigenvalue weighted by molar-refractivity contribution is -0.128. The molecule has 0 spiro atoms. The van der Waals surface area contributed by atoms with Crippen molar-refractivity contribution in [2.24, 2.45) is 11.3 Å². The third kappa shape index (κ3) is 4.05. The van der Waals surface area contributed by atoms with E-state index in [4.69, 9.17) is 0 Å². The van der Waals surface area contributed by atoms with Gasteiger partial charge in [-0.1, -0.05) is 20.8 Å². The standard InChI is InChI=1S/C17H32N2O/c1-5-14(2)19-10-8-18(9-11-19)13-15-12-17(3,4)7-6-16(15)20/h14-15H,5-13H2,1-4H3. The van der Waals surface area contributed by atoms with Crippen molar-refractivity contribution in [3.05, 3.63) is 0 Å². The van der Waals surface area contributed by atoms with E-state index in [1.54, 1.807) is 0 Å². The molecule has 1 aliphatic heterocycles. The lowest BCUT2D eigenvalue weighted by Crippen LogP contribution is -2.51. The lowest BCUT2D eigenvalue weighted by Gasteiger charge is -2.41. The van der Waals surface area contributed by atoms with Crippen molar-refractivity contribution in [3.8, 4) is 0 Å². The topological polar surface area (TPSA) is 23.6 Å². The van der Waals surface area contributed by atoms with Gasteiger partial charge in [0.05, 0.1) is 0 Å². The van der Waals surface area contributed by atoms with Crippen LogP contribution >= 0.6 is 0 Å². The maximum absolute atomic E-state index is 12.1. The molecule has 0 N–H and O–H groups in total. The Labute approximate surface area is 124 Å². The summed E-state index contributed by atoms with van der Waals surface area (Å²) >= 11 is 0. The van der Waals surface area contributed by atoms with Crippen LogP contribution in [0.2, 0.25) is 0 Å². The van der Waals surface area contributed by atoms with Crippen LogP contribution in [0.5, 0.6) is 0 Å². The van der Waals surface area contributed by atoms with Gasteiger partial charge in [0.2, 0.25) is 0 Å². The van der Waals surface area contributed by atoms with Crippen LogP contribution < -0.4 is 0 Å². The summed E-state index contributed by atoms with van der Waals surface area (Å²) in [7, 11) is 0. The highest BCUT2D eigenvalue weighted by Crippen LogP contribution is 2.37. The zero-order valence-corrected chi connectivity index (χ0v) is 13.8. The summed E-state index contributed by atoms with van der Waals surface area (Å²) in [5.41, 5.74) is 0.358. The van der Waals surface area contributed by atoms with Crippen LogP contribution in [-0.4, -0.2) is 54.3 Å². The van der Waals surface area contributed by atoms with Crippen molar-refractivity contribution in [1.82, 2.24) is 9.80 Å². The Kier molecular flexibility index (Phi) is 5.25. The molecule has 0 aromatic heterocycles. The van der Waals surface area contributed by atoms with E-state index < -0.39 is 0 Å². The largest absolute Gasteiger partial charge is 0.300 e.